The minimum absolute atomic E-state index is 0.0797. The average molecular weight is 279 g/mol. The van der Waals surface area contributed by atoms with Gasteiger partial charge in [0.15, 0.2) is 0 Å². The van der Waals surface area contributed by atoms with Crippen LogP contribution in [0.1, 0.15) is 36.6 Å². The first-order valence-electron chi connectivity index (χ1n) is 6.73. The van der Waals surface area contributed by atoms with Crippen LogP contribution in [0.25, 0.3) is 0 Å². The van der Waals surface area contributed by atoms with Crippen molar-refractivity contribution in [3.8, 4) is 0 Å². The first kappa shape index (κ1) is 12.7. The van der Waals surface area contributed by atoms with Gasteiger partial charge in [0.2, 0.25) is 5.91 Å². The molecule has 2 aliphatic rings. The van der Waals surface area contributed by atoms with Gasteiger partial charge in [-0.15, -0.1) is 11.3 Å². The van der Waals surface area contributed by atoms with Crippen molar-refractivity contribution >= 4 is 23.2 Å². The topological polar surface area (TPSA) is 66.4 Å². The lowest BCUT2D eigenvalue weighted by molar-refractivity contribution is -0.153. The smallest absolute Gasteiger partial charge is 0.307 e. The monoisotopic (exact) mass is 279 g/mol. The van der Waals surface area contributed by atoms with Crippen LogP contribution in [-0.4, -0.2) is 17.0 Å². The molecule has 0 bridgehead atoms. The van der Waals surface area contributed by atoms with Gasteiger partial charge < -0.3 is 10.4 Å². The molecule has 2 N–H and O–H groups in total. The average Bonchev–Trinajstić information content (AvgIpc) is 2.98. The standard InChI is InChI=1S/C14H17NO3S/c16-13(9-5-6-10(9)14(17)18)15-12(8-3-4-8)11-2-1-7-19-11/h1-2,7-10,12H,3-6H2,(H,15,16)(H,17,18). The van der Waals surface area contributed by atoms with Crippen molar-refractivity contribution < 1.29 is 14.7 Å². The molecule has 0 radical (unpaired) electrons. The molecule has 3 unspecified atom stereocenters. The highest BCUT2D eigenvalue weighted by atomic mass is 32.1. The van der Waals surface area contributed by atoms with Crippen LogP contribution in [0.2, 0.25) is 0 Å². The molecule has 2 fully saturated rings. The predicted octanol–water partition coefficient (Wildman–Crippen LogP) is 2.43. The number of aliphatic carboxylic acids is 1. The van der Waals surface area contributed by atoms with E-state index >= 15 is 0 Å². The van der Waals surface area contributed by atoms with Crippen molar-refractivity contribution in [3.05, 3.63) is 22.4 Å². The number of carboxylic acids is 1. The molecule has 4 nitrogen and oxygen atoms in total. The number of carbonyl (C=O) groups is 2. The van der Waals surface area contributed by atoms with Crippen molar-refractivity contribution in [3.63, 3.8) is 0 Å². The quantitative estimate of drug-likeness (QED) is 0.870. The molecule has 102 valence electrons. The van der Waals surface area contributed by atoms with Gasteiger partial charge in [-0.3, -0.25) is 9.59 Å². The van der Waals surface area contributed by atoms with E-state index in [0.29, 0.717) is 18.8 Å². The van der Waals surface area contributed by atoms with Gasteiger partial charge in [-0.2, -0.15) is 0 Å². The summed E-state index contributed by atoms with van der Waals surface area (Å²) in [5, 5.41) is 14.1. The lowest BCUT2D eigenvalue weighted by Gasteiger charge is -2.33. The highest BCUT2D eigenvalue weighted by Gasteiger charge is 2.43. The van der Waals surface area contributed by atoms with E-state index in [1.807, 2.05) is 17.5 Å². The molecule has 2 saturated carbocycles. The van der Waals surface area contributed by atoms with Crippen LogP contribution in [0.5, 0.6) is 0 Å². The first-order valence-corrected chi connectivity index (χ1v) is 7.61. The number of carboxylic acid groups (broad SMARTS) is 1. The van der Waals surface area contributed by atoms with Crippen LogP contribution >= 0.6 is 11.3 Å². The zero-order valence-electron chi connectivity index (χ0n) is 10.5. The molecule has 3 rings (SSSR count). The summed E-state index contributed by atoms with van der Waals surface area (Å²) in [6.45, 7) is 0. The summed E-state index contributed by atoms with van der Waals surface area (Å²) in [7, 11) is 0. The van der Waals surface area contributed by atoms with Crippen LogP contribution in [0, 0.1) is 17.8 Å². The summed E-state index contributed by atoms with van der Waals surface area (Å²) in [6.07, 6.45) is 3.62. The Morgan fingerprint density at radius 2 is 2.00 bits per heavy atom. The molecule has 1 aromatic heterocycles. The highest BCUT2D eigenvalue weighted by molar-refractivity contribution is 7.10. The van der Waals surface area contributed by atoms with Crippen LogP contribution in [-0.2, 0) is 9.59 Å². The molecule has 2 aliphatic carbocycles. The van der Waals surface area contributed by atoms with Gasteiger partial charge in [-0.05, 0) is 43.0 Å². The van der Waals surface area contributed by atoms with Gasteiger partial charge in [-0.1, -0.05) is 6.07 Å². The Morgan fingerprint density at radius 1 is 1.26 bits per heavy atom. The largest absolute Gasteiger partial charge is 0.481 e. The number of amides is 1. The zero-order valence-corrected chi connectivity index (χ0v) is 11.4. The Balaban J connectivity index is 1.66. The molecule has 0 aromatic carbocycles. The normalized spacial score (nSPS) is 27.4. The second-order valence-electron chi connectivity index (χ2n) is 5.47. The first-order chi connectivity index (χ1) is 9.16. The van der Waals surface area contributed by atoms with E-state index in [1.165, 1.54) is 4.88 Å². The van der Waals surface area contributed by atoms with Crippen LogP contribution < -0.4 is 5.32 Å². The Hall–Kier alpha value is -1.36. The zero-order chi connectivity index (χ0) is 13.4. The molecule has 3 atom stereocenters. The Kier molecular flexibility index (Phi) is 3.31. The van der Waals surface area contributed by atoms with Gasteiger partial charge in [0.1, 0.15) is 0 Å². The maximum atomic E-state index is 12.2. The molecule has 0 aliphatic heterocycles. The second kappa shape index (κ2) is 4.96. The molecule has 5 heteroatoms. The third-order valence-corrected chi connectivity index (χ3v) is 5.12. The molecular weight excluding hydrogens is 262 g/mol. The lowest BCUT2D eigenvalue weighted by Crippen LogP contribution is -2.45. The summed E-state index contributed by atoms with van der Waals surface area (Å²) in [5.41, 5.74) is 0. The number of hydrogen-bond acceptors (Lipinski definition) is 3. The molecule has 0 spiro atoms. The fourth-order valence-corrected chi connectivity index (χ4v) is 3.56. The molecule has 1 heterocycles. The van der Waals surface area contributed by atoms with Gasteiger partial charge in [0, 0.05) is 4.88 Å². The van der Waals surface area contributed by atoms with Gasteiger partial charge in [0.05, 0.1) is 17.9 Å². The second-order valence-corrected chi connectivity index (χ2v) is 6.45. The van der Waals surface area contributed by atoms with E-state index < -0.39 is 11.9 Å². The van der Waals surface area contributed by atoms with Crippen molar-refractivity contribution in [2.75, 3.05) is 0 Å². The van der Waals surface area contributed by atoms with Gasteiger partial charge in [0.25, 0.3) is 0 Å². The Bertz CT molecular complexity index is 481. The van der Waals surface area contributed by atoms with Crippen molar-refractivity contribution in [1.82, 2.24) is 5.32 Å². The van der Waals surface area contributed by atoms with E-state index in [4.69, 9.17) is 5.11 Å². The van der Waals surface area contributed by atoms with Crippen molar-refractivity contribution in [2.24, 2.45) is 17.8 Å². The molecule has 19 heavy (non-hydrogen) atoms. The summed E-state index contributed by atoms with van der Waals surface area (Å²) in [4.78, 5) is 24.4. The maximum absolute atomic E-state index is 12.2. The Morgan fingerprint density at radius 3 is 2.47 bits per heavy atom. The summed E-state index contributed by atoms with van der Waals surface area (Å²) >= 11 is 1.65. The highest BCUT2D eigenvalue weighted by Crippen LogP contribution is 2.43. The summed E-state index contributed by atoms with van der Waals surface area (Å²) in [5.74, 6) is -1.21. The third kappa shape index (κ3) is 2.52. The number of hydrogen-bond donors (Lipinski definition) is 2. The molecular formula is C14H17NO3S. The third-order valence-electron chi connectivity index (χ3n) is 4.17. The number of thiophene rings is 1. The van der Waals surface area contributed by atoms with Gasteiger partial charge in [-0.25, -0.2) is 0 Å². The van der Waals surface area contributed by atoms with Crippen LogP contribution in [0.4, 0.5) is 0 Å². The van der Waals surface area contributed by atoms with E-state index in [-0.39, 0.29) is 17.9 Å². The van der Waals surface area contributed by atoms with E-state index in [0.717, 1.165) is 12.8 Å². The molecule has 1 amide bonds. The van der Waals surface area contributed by atoms with Crippen molar-refractivity contribution in [1.29, 1.82) is 0 Å². The minimum atomic E-state index is -0.842. The summed E-state index contributed by atoms with van der Waals surface area (Å²) < 4.78 is 0. The lowest BCUT2D eigenvalue weighted by atomic mass is 9.73. The number of carbonyl (C=O) groups excluding carboxylic acids is 1. The minimum Gasteiger partial charge on any atom is -0.481 e. The fourth-order valence-electron chi connectivity index (χ4n) is 2.69. The number of nitrogens with one attached hydrogen (secondary N) is 1. The van der Waals surface area contributed by atoms with Crippen LogP contribution in [0.3, 0.4) is 0 Å². The van der Waals surface area contributed by atoms with Crippen LogP contribution in [0.15, 0.2) is 17.5 Å². The number of rotatable bonds is 5. The molecule has 0 saturated heterocycles. The van der Waals surface area contributed by atoms with E-state index in [9.17, 15) is 9.59 Å². The Labute approximate surface area is 115 Å². The van der Waals surface area contributed by atoms with Gasteiger partial charge >= 0.3 is 5.97 Å². The molecule has 1 aromatic rings. The predicted molar refractivity (Wildman–Crippen MR) is 71.8 cm³/mol. The fraction of sp³-hybridized carbons (Fsp3) is 0.571. The van der Waals surface area contributed by atoms with Crippen molar-refractivity contribution in [2.45, 2.75) is 31.7 Å². The SMILES string of the molecule is O=C(O)C1CCC1C(=O)NC(c1cccs1)C1CC1. The van der Waals surface area contributed by atoms with E-state index in [1.54, 1.807) is 11.3 Å². The summed E-state index contributed by atoms with van der Waals surface area (Å²) in [6, 6.07) is 4.12. The van der Waals surface area contributed by atoms with E-state index in [2.05, 4.69) is 5.32 Å². The maximum Gasteiger partial charge on any atom is 0.307 e.